The van der Waals surface area contributed by atoms with Crippen LogP contribution < -0.4 is 5.32 Å². The van der Waals surface area contributed by atoms with Gasteiger partial charge in [0.15, 0.2) is 11.6 Å². The largest absolute Gasteiger partial charge is 0.469 e. The number of hydrogen-bond acceptors (Lipinski definition) is 5. The molecule has 3 aromatic rings. The van der Waals surface area contributed by atoms with Crippen LogP contribution in [0.2, 0.25) is 0 Å². The molecule has 250 valence electrons. The van der Waals surface area contributed by atoms with E-state index in [9.17, 15) is 45.5 Å². The molecule has 1 saturated carbocycles. The number of alkyl halides is 6. The summed E-state index contributed by atoms with van der Waals surface area (Å²) in [6.45, 7) is 0.0127. The van der Waals surface area contributed by atoms with Crippen LogP contribution in [0.5, 0.6) is 0 Å². The van der Waals surface area contributed by atoms with Crippen LogP contribution >= 0.6 is 0 Å². The number of halogens is 6. The molecular formula is C35H33F6NO5. The topological polar surface area (TPSA) is 89.5 Å². The molecule has 1 fully saturated rings. The van der Waals surface area contributed by atoms with Crippen molar-refractivity contribution in [3.05, 3.63) is 106 Å². The molecule has 1 N–H and O–H groups in total. The molecule has 6 nitrogen and oxygen atoms in total. The molecule has 1 atom stereocenters. The molecule has 0 spiro atoms. The monoisotopic (exact) mass is 661 g/mol. The lowest BCUT2D eigenvalue weighted by atomic mass is 9.81. The van der Waals surface area contributed by atoms with Gasteiger partial charge in [-0.25, -0.2) is 0 Å². The van der Waals surface area contributed by atoms with Gasteiger partial charge < -0.3 is 10.1 Å². The van der Waals surface area contributed by atoms with Crippen LogP contribution in [0.3, 0.4) is 0 Å². The van der Waals surface area contributed by atoms with Crippen molar-refractivity contribution in [2.75, 3.05) is 13.7 Å². The molecule has 3 aromatic carbocycles. The maximum atomic E-state index is 13.8. The van der Waals surface area contributed by atoms with Crippen LogP contribution in [0, 0.1) is 0 Å². The highest BCUT2D eigenvalue weighted by atomic mass is 19.4. The number of benzene rings is 3. The summed E-state index contributed by atoms with van der Waals surface area (Å²) in [5.74, 6) is -3.64. The molecule has 4 rings (SSSR count). The average Bonchev–Trinajstić information content (AvgIpc) is 3.06. The van der Waals surface area contributed by atoms with E-state index in [0.29, 0.717) is 23.6 Å². The fraction of sp³-hybridized carbons (Fsp3) is 0.371. The van der Waals surface area contributed by atoms with Crippen LogP contribution in [0.15, 0.2) is 66.7 Å². The van der Waals surface area contributed by atoms with E-state index in [-0.39, 0.29) is 30.2 Å². The summed E-state index contributed by atoms with van der Waals surface area (Å²) >= 11 is 0. The summed E-state index contributed by atoms with van der Waals surface area (Å²) in [6.07, 6.45) is -5.73. The number of rotatable bonds is 11. The maximum Gasteiger partial charge on any atom is 0.416 e. The average molecular weight is 662 g/mol. The first-order valence-electron chi connectivity index (χ1n) is 15.1. The third-order valence-corrected chi connectivity index (χ3v) is 8.31. The Morgan fingerprint density at radius 1 is 0.766 bits per heavy atom. The molecule has 0 bridgehead atoms. The van der Waals surface area contributed by atoms with E-state index >= 15 is 0 Å². The number of carbonyl (C=O) groups is 4. The van der Waals surface area contributed by atoms with Crippen LogP contribution in [0.25, 0.3) is 0 Å². The molecule has 0 aromatic heterocycles. The predicted octanol–water partition coefficient (Wildman–Crippen LogP) is 8.30. The zero-order valence-electron chi connectivity index (χ0n) is 25.5. The predicted molar refractivity (Wildman–Crippen MR) is 160 cm³/mol. The Hall–Kier alpha value is -4.48. The SMILES string of the molecule is COC(=O)CCNC(=O)c1ccc(C(=O)C(CC(=O)c2cc(C(F)(F)F)cc(C(F)(F)F)c2)c2ccc(C3CCCCC3)cc2)cc1. The van der Waals surface area contributed by atoms with Crippen molar-refractivity contribution < 1.29 is 50.3 Å². The van der Waals surface area contributed by atoms with Gasteiger partial charge in [0.2, 0.25) is 0 Å². The second-order valence-corrected chi connectivity index (χ2v) is 11.5. The number of ketones is 2. The minimum absolute atomic E-state index is 0.0127. The standard InChI is InChI=1S/C35H33F6NO5/c1-47-31(44)15-16-42-33(46)25-13-11-24(12-14-25)32(45)29(23-9-7-22(8-10-23)21-5-3-2-4-6-21)20-30(43)26-17-27(34(36,37)38)19-28(18-26)35(39,40)41/h7-14,17-19,21,29H,2-6,15-16,20H2,1H3,(H,42,46). The van der Waals surface area contributed by atoms with Gasteiger partial charge >= 0.3 is 18.3 Å². The quantitative estimate of drug-likeness (QED) is 0.127. The van der Waals surface area contributed by atoms with Gasteiger partial charge in [-0.1, -0.05) is 55.7 Å². The highest BCUT2D eigenvalue weighted by Crippen LogP contribution is 2.38. The van der Waals surface area contributed by atoms with E-state index in [4.69, 9.17) is 0 Å². The third-order valence-electron chi connectivity index (χ3n) is 8.31. The van der Waals surface area contributed by atoms with Crippen molar-refractivity contribution in [1.29, 1.82) is 0 Å². The molecule has 47 heavy (non-hydrogen) atoms. The second kappa shape index (κ2) is 15.0. The lowest BCUT2D eigenvalue weighted by molar-refractivity contribution is -0.143. The summed E-state index contributed by atoms with van der Waals surface area (Å²) in [7, 11) is 1.21. The third kappa shape index (κ3) is 9.30. The molecule has 1 unspecified atom stereocenters. The Bertz CT molecular complexity index is 1560. The molecule has 0 aliphatic heterocycles. The van der Waals surface area contributed by atoms with Gasteiger partial charge in [0, 0.05) is 29.7 Å². The fourth-order valence-corrected chi connectivity index (χ4v) is 5.69. The van der Waals surface area contributed by atoms with Crippen molar-refractivity contribution in [3.63, 3.8) is 0 Å². The Morgan fingerprint density at radius 3 is 1.85 bits per heavy atom. The number of methoxy groups -OCH3 is 1. The van der Waals surface area contributed by atoms with Gasteiger partial charge in [-0.2, -0.15) is 26.3 Å². The first kappa shape index (κ1) is 35.4. The highest BCUT2D eigenvalue weighted by Gasteiger charge is 2.38. The van der Waals surface area contributed by atoms with E-state index in [2.05, 4.69) is 10.1 Å². The van der Waals surface area contributed by atoms with Crippen LogP contribution in [0.1, 0.15) is 110 Å². The molecule has 1 amide bonds. The summed E-state index contributed by atoms with van der Waals surface area (Å²) in [5, 5.41) is 2.54. The van der Waals surface area contributed by atoms with Gasteiger partial charge in [-0.15, -0.1) is 0 Å². The van der Waals surface area contributed by atoms with Crippen LogP contribution in [0.4, 0.5) is 26.3 Å². The van der Waals surface area contributed by atoms with Gasteiger partial charge in [-0.3, -0.25) is 19.2 Å². The van der Waals surface area contributed by atoms with E-state index in [1.165, 1.54) is 31.4 Å². The van der Waals surface area contributed by atoms with Crippen molar-refractivity contribution in [3.8, 4) is 0 Å². The number of Topliss-reactive ketones (excluding diaryl/α,β-unsaturated/α-hetero) is 2. The summed E-state index contributed by atoms with van der Waals surface area (Å²) in [5.41, 5.74) is -2.42. The van der Waals surface area contributed by atoms with Crippen molar-refractivity contribution in [2.24, 2.45) is 0 Å². The molecule has 0 radical (unpaired) electrons. The van der Waals surface area contributed by atoms with Gasteiger partial charge in [0.25, 0.3) is 5.91 Å². The number of esters is 1. The number of carbonyl (C=O) groups excluding carboxylic acids is 4. The Kier molecular flexibility index (Phi) is 11.3. The first-order chi connectivity index (χ1) is 22.2. The normalized spacial score (nSPS) is 14.7. The Labute approximate surface area is 267 Å². The zero-order chi connectivity index (χ0) is 34.4. The van der Waals surface area contributed by atoms with Crippen molar-refractivity contribution in [2.45, 2.75) is 69.1 Å². The lowest BCUT2D eigenvalue weighted by Crippen LogP contribution is -2.26. The fourth-order valence-electron chi connectivity index (χ4n) is 5.69. The smallest absolute Gasteiger partial charge is 0.416 e. The van der Waals surface area contributed by atoms with Crippen molar-refractivity contribution >= 4 is 23.4 Å². The second-order valence-electron chi connectivity index (χ2n) is 11.5. The Morgan fingerprint density at radius 2 is 1.32 bits per heavy atom. The van der Waals surface area contributed by atoms with Gasteiger partial charge in [0.1, 0.15) is 0 Å². The highest BCUT2D eigenvalue weighted by molar-refractivity contribution is 6.06. The van der Waals surface area contributed by atoms with E-state index < -0.39 is 64.8 Å². The number of nitrogens with one attached hydrogen (secondary N) is 1. The number of amides is 1. The number of hydrogen-bond donors (Lipinski definition) is 1. The van der Waals surface area contributed by atoms with Gasteiger partial charge in [-0.05, 0) is 60.2 Å². The molecule has 0 saturated heterocycles. The minimum Gasteiger partial charge on any atom is -0.469 e. The van der Waals surface area contributed by atoms with E-state index in [1.54, 1.807) is 12.1 Å². The van der Waals surface area contributed by atoms with Gasteiger partial charge in [0.05, 0.1) is 30.6 Å². The first-order valence-corrected chi connectivity index (χ1v) is 15.1. The molecule has 1 aliphatic carbocycles. The molecule has 1 aliphatic rings. The molecule has 12 heteroatoms. The zero-order valence-corrected chi connectivity index (χ0v) is 25.5. The maximum absolute atomic E-state index is 13.8. The Balaban J connectivity index is 1.64. The van der Waals surface area contributed by atoms with Crippen LogP contribution in [-0.2, 0) is 21.9 Å². The summed E-state index contributed by atoms with van der Waals surface area (Å²) < 4.78 is 85.5. The van der Waals surface area contributed by atoms with Crippen LogP contribution in [-0.4, -0.2) is 37.1 Å². The van der Waals surface area contributed by atoms with E-state index in [1.807, 2.05) is 12.1 Å². The van der Waals surface area contributed by atoms with E-state index in [0.717, 1.165) is 37.7 Å². The summed E-state index contributed by atoms with van der Waals surface area (Å²) in [4.78, 5) is 51.0. The lowest BCUT2D eigenvalue weighted by Gasteiger charge is -2.23. The number of ether oxygens (including phenoxy) is 1. The van der Waals surface area contributed by atoms with Crippen molar-refractivity contribution in [1.82, 2.24) is 5.32 Å². The minimum atomic E-state index is -5.15. The summed E-state index contributed by atoms with van der Waals surface area (Å²) in [6, 6.07) is 13.1. The molecular weight excluding hydrogens is 628 g/mol. The molecule has 0 heterocycles.